The summed E-state index contributed by atoms with van der Waals surface area (Å²) in [5, 5.41) is 0. The fourth-order valence-electron chi connectivity index (χ4n) is 3.57. The number of nitrogens with zero attached hydrogens (tertiary/aromatic N) is 1. The Morgan fingerprint density at radius 3 is 2.19 bits per heavy atom. The zero-order valence-electron chi connectivity index (χ0n) is 14.5. The monoisotopic (exact) mass is 290 g/mol. The minimum atomic E-state index is 0.401. The van der Waals surface area contributed by atoms with E-state index >= 15 is 0 Å². The Morgan fingerprint density at radius 2 is 1.67 bits per heavy atom. The van der Waals surface area contributed by atoms with Crippen molar-refractivity contribution in [2.24, 2.45) is 0 Å². The molecule has 0 spiro atoms. The first-order valence-corrected chi connectivity index (χ1v) is 8.51. The van der Waals surface area contributed by atoms with Gasteiger partial charge in [0.2, 0.25) is 0 Å². The fraction of sp³-hybridized carbons (Fsp3) is 0.684. The summed E-state index contributed by atoms with van der Waals surface area (Å²) in [7, 11) is 2.41. The van der Waals surface area contributed by atoms with Gasteiger partial charge in [-0.15, -0.1) is 0 Å². The maximum absolute atomic E-state index is 6.36. The number of ether oxygens (including phenoxy) is 1. The van der Waals surface area contributed by atoms with Crippen molar-refractivity contribution in [2.75, 3.05) is 26.7 Å². The molecule has 1 aromatic carbocycles. The highest BCUT2D eigenvalue weighted by atomic mass is 16.5. The molecule has 0 aliphatic carbocycles. The molecule has 1 aliphatic heterocycles. The topological polar surface area (TPSA) is 9.23 Å². The van der Waals surface area contributed by atoms with Gasteiger partial charge in [-0.05, 0) is 38.3 Å². The van der Waals surface area contributed by atoms with Gasteiger partial charge < -0.3 is 9.22 Å². The lowest BCUT2D eigenvalue weighted by Crippen LogP contribution is -2.52. The summed E-state index contributed by atoms with van der Waals surface area (Å²) in [5.74, 6) is 1.12. The van der Waals surface area contributed by atoms with Crippen LogP contribution in [0.4, 0.5) is 0 Å². The average molecular weight is 290 g/mol. The second kappa shape index (κ2) is 6.83. The molecule has 1 heterocycles. The Balaban J connectivity index is 1.95. The van der Waals surface area contributed by atoms with Crippen LogP contribution in [-0.2, 0) is 0 Å². The number of rotatable bonds is 5. The van der Waals surface area contributed by atoms with Crippen molar-refractivity contribution in [3.8, 4) is 5.75 Å². The van der Waals surface area contributed by atoms with Crippen molar-refractivity contribution in [3.63, 3.8) is 0 Å². The van der Waals surface area contributed by atoms with Gasteiger partial charge in [-0.3, -0.25) is 0 Å². The Bertz CT molecular complexity index is 449. The van der Waals surface area contributed by atoms with E-state index in [0.717, 1.165) is 5.75 Å². The summed E-state index contributed by atoms with van der Waals surface area (Å²) in [6.45, 7) is 12.6. The second-order valence-electron chi connectivity index (χ2n) is 7.19. The summed E-state index contributed by atoms with van der Waals surface area (Å²) >= 11 is 0. The Hall–Kier alpha value is -1.02. The molecule has 1 fully saturated rings. The van der Waals surface area contributed by atoms with Crippen LogP contribution in [-0.4, -0.2) is 37.3 Å². The molecule has 1 saturated heterocycles. The highest BCUT2D eigenvalue weighted by Gasteiger charge is 2.30. The zero-order chi connectivity index (χ0) is 15.5. The van der Waals surface area contributed by atoms with Crippen LogP contribution in [0.1, 0.15) is 49.3 Å². The van der Waals surface area contributed by atoms with Crippen LogP contribution in [0.5, 0.6) is 5.75 Å². The molecular formula is C19H32NO+. The van der Waals surface area contributed by atoms with Gasteiger partial charge in [0.25, 0.3) is 0 Å². The summed E-state index contributed by atoms with van der Waals surface area (Å²) in [6.07, 6.45) is 5.42. The van der Waals surface area contributed by atoms with E-state index in [1.165, 1.54) is 66.5 Å². The van der Waals surface area contributed by atoms with Crippen molar-refractivity contribution in [2.45, 2.75) is 59.5 Å². The number of unbranched alkanes of at least 4 members (excludes halogenated alkanes) is 1. The van der Waals surface area contributed by atoms with Crippen molar-refractivity contribution in [1.82, 2.24) is 0 Å². The van der Waals surface area contributed by atoms with Gasteiger partial charge in [0, 0.05) is 12.8 Å². The molecule has 0 saturated carbocycles. The van der Waals surface area contributed by atoms with E-state index in [4.69, 9.17) is 4.74 Å². The van der Waals surface area contributed by atoms with Crippen LogP contribution < -0.4 is 4.74 Å². The molecule has 0 unspecified atom stereocenters. The molecule has 1 aromatic rings. The van der Waals surface area contributed by atoms with E-state index in [9.17, 15) is 0 Å². The third kappa shape index (κ3) is 4.23. The summed E-state index contributed by atoms with van der Waals surface area (Å²) < 4.78 is 7.60. The number of aryl methyl sites for hydroxylation is 3. The third-order valence-electron chi connectivity index (χ3n) is 4.92. The van der Waals surface area contributed by atoms with Gasteiger partial charge in [-0.2, -0.15) is 0 Å². The van der Waals surface area contributed by atoms with E-state index in [1.807, 2.05) is 0 Å². The standard InChI is InChI=1S/C19H32NO/c1-6-7-10-20(5)11-8-18(9-12-20)21-19-16(3)13-15(2)14-17(19)4/h13-14,18H,6-12H2,1-5H3/q+1. The van der Waals surface area contributed by atoms with E-state index in [2.05, 4.69) is 46.9 Å². The van der Waals surface area contributed by atoms with Crippen molar-refractivity contribution < 1.29 is 9.22 Å². The number of hydrogen-bond donors (Lipinski definition) is 0. The van der Waals surface area contributed by atoms with Crippen molar-refractivity contribution in [1.29, 1.82) is 0 Å². The molecule has 0 radical (unpaired) electrons. The van der Waals surface area contributed by atoms with E-state index in [-0.39, 0.29) is 0 Å². The first-order valence-electron chi connectivity index (χ1n) is 8.51. The molecule has 21 heavy (non-hydrogen) atoms. The predicted octanol–water partition coefficient (Wildman–Crippen LogP) is 4.40. The minimum absolute atomic E-state index is 0.401. The lowest BCUT2D eigenvalue weighted by atomic mass is 10.0. The van der Waals surface area contributed by atoms with Crippen LogP contribution in [0, 0.1) is 20.8 Å². The van der Waals surface area contributed by atoms with Gasteiger partial charge in [-0.1, -0.05) is 31.0 Å². The Kier molecular flexibility index (Phi) is 5.32. The number of quaternary nitrogens is 1. The lowest BCUT2D eigenvalue weighted by molar-refractivity contribution is -0.915. The molecule has 118 valence electrons. The summed E-state index contributed by atoms with van der Waals surface area (Å²) in [5.41, 5.74) is 3.88. The van der Waals surface area contributed by atoms with Gasteiger partial charge in [-0.25, -0.2) is 0 Å². The Morgan fingerprint density at radius 1 is 1.10 bits per heavy atom. The predicted molar refractivity (Wildman–Crippen MR) is 90.0 cm³/mol. The van der Waals surface area contributed by atoms with Gasteiger partial charge in [0.15, 0.2) is 0 Å². The molecule has 0 aromatic heterocycles. The third-order valence-corrected chi connectivity index (χ3v) is 4.92. The maximum Gasteiger partial charge on any atom is 0.125 e. The molecule has 0 amide bonds. The lowest BCUT2D eigenvalue weighted by Gasteiger charge is -2.40. The van der Waals surface area contributed by atoms with Crippen LogP contribution in [0.25, 0.3) is 0 Å². The maximum atomic E-state index is 6.36. The molecule has 2 heteroatoms. The molecule has 2 rings (SSSR count). The first-order chi connectivity index (χ1) is 9.93. The van der Waals surface area contributed by atoms with Crippen LogP contribution in [0.2, 0.25) is 0 Å². The molecule has 0 atom stereocenters. The smallest absolute Gasteiger partial charge is 0.125 e. The SMILES string of the molecule is CCCC[N+]1(C)CCC(Oc2c(C)cc(C)cc2C)CC1. The quantitative estimate of drug-likeness (QED) is 0.730. The highest BCUT2D eigenvalue weighted by Crippen LogP contribution is 2.29. The zero-order valence-corrected chi connectivity index (χ0v) is 14.5. The number of likely N-dealkylation sites (tertiary alicyclic amines) is 1. The highest BCUT2D eigenvalue weighted by molar-refractivity contribution is 5.43. The average Bonchev–Trinajstić information content (AvgIpc) is 2.43. The number of piperidine rings is 1. The van der Waals surface area contributed by atoms with Crippen molar-refractivity contribution in [3.05, 3.63) is 28.8 Å². The van der Waals surface area contributed by atoms with E-state index in [1.54, 1.807) is 0 Å². The fourth-order valence-corrected chi connectivity index (χ4v) is 3.57. The first kappa shape index (κ1) is 16.4. The van der Waals surface area contributed by atoms with E-state index < -0.39 is 0 Å². The van der Waals surface area contributed by atoms with Gasteiger partial charge in [0.1, 0.15) is 11.9 Å². The molecule has 0 bridgehead atoms. The van der Waals surface area contributed by atoms with Gasteiger partial charge in [0.05, 0.1) is 26.7 Å². The van der Waals surface area contributed by atoms with Crippen LogP contribution >= 0.6 is 0 Å². The largest absolute Gasteiger partial charge is 0.489 e. The number of benzene rings is 1. The Labute approximate surface area is 130 Å². The molecule has 0 N–H and O–H groups in total. The minimum Gasteiger partial charge on any atom is -0.489 e. The van der Waals surface area contributed by atoms with Crippen molar-refractivity contribution >= 4 is 0 Å². The molecule has 2 nitrogen and oxygen atoms in total. The van der Waals surface area contributed by atoms with Gasteiger partial charge >= 0.3 is 0 Å². The molecule has 1 aliphatic rings. The summed E-state index contributed by atoms with van der Waals surface area (Å²) in [6, 6.07) is 4.46. The number of hydrogen-bond acceptors (Lipinski definition) is 1. The van der Waals surface area contributed by atoms with Crippen LogP contribution in [0.3, 0.4) is 0 Å². The summed E-state index contributed by atoms with van der Waals surface area (Å²) in [4.78, 5) is 0. The molecular weight excluding hydrogens is 258 g/mol. The normalized spacial score (nSPS) is 25.9. The van der Waals surface area contributed by atoms with E-state index in [0.29, 0.717) is 6.10 Å². The second-order valence-corrected chi connectivity index (χ2v) is 7.19. The van der Waals surface area contributed by atoms with Crippen LogP contribution in [0.15, 0.2) is 12.1 Å².